The Labute approximate surface area is 262 Å². The fourth-order valence-electron chi connectivity index (χ4n) is 7.00. The molecule has 3 fully saturated rings. The van der Waals surface area contributed by atoms with Crippen LogP contribution in [0, 0.1) is 5.92 Å². The lowest BCUT2D eigenvalue weighted by Gasteiger charge is -2.45. The quantitative estimate of drug-likeness (QED) is 0.367. The summed E-state index contributed by atoms with van der Waals surface area (Å²) in [6.45, 7) is 4.33. The van der Waals surface area contributed by atoms with Gasteiger partial charge in [0.05, 0.1) is 33.6 Å². The zero-order chi connectivity index (χ0) is 30.3. The van der Waals surface area contributed by atoms with Crippen molar-refractivity contribution >= 4 is 27.3 Å². The smallest absolute Gasteiger partial charge is 0.255 e. The van der Waals surface area contributed by atoms with E-state index in [4.69, 9.17) is 30.5 Å². The third-order valence-corrected chi connectivity index (χ3v) is 11.5. The van der Waals surface area contributed by atoms with Gasteiger partial charge in [-0.1, -0.05) is 35.9 Å². The molecule has 4 aliphatic heterocycles. The maximum Gasteiger partial charge on any atom is 0.255 e. The number of rotatable bonds is 6. The predicted octanol–water partition coefficient (Wildman–Crippen LogP) is 5.12. The van der Waals surface area contributed by atoms with Crippen LogP contribution in [0.4, 0.5) is 0 Å². The van der Waals surface area contributed by atoms with E-state index in [0.29, 0.717) is 54.4 Å². The van der Waals surface area contributed by atoms with Crippen LogP contribution in [0.2, 0.25) is 5.02 Å². The van der Waals surface area contributed by atoms with Crippen molar-refractivity contribution in [1.82, 2.24) is 9.80 Å². The second-order valence-corrected chi connectivity index (χ2v) is 14.1. The van der Waals surface area contributed by atoms with E-state index in [9.17, 15) is 13.2 Å². The number of carbonyl (C=O) groups is 1. The molecular weight excluding hydrogens is 604 g/mol. The number of piperidine rings is 2. The summed E-state index contributed by atoms with van der Waals surface area (Å²) < 4.78 is 50.1. The van der Waals surface area contributed by atoms with Crippen molar-refractivity contribution in [3.8, 4) is 11.5 Å². The molecule has 0 N–H and O–H groups in total. The van der Waals surface area contributed by atoms with Gasteiger partial charge in [-0.05, 0) is 75.2 Å². The Morgan fingerprint density at radius 3 is 2.16 bits per heavy atom. The molecule has 4 aliphatic rings. The molecule has 7 rings (SSSR count). The van der Waals surface area contributed by atoms with Gasteiger partial charge in [0, 0.05) is 36.7 Å². The van der Waals surface area contributed by atoms with Crippen LogP contribution >= 0.6 is 11.6 Å². The first-order valence-corrected chi connectivity index (χ1v) is 17.0. The zero-order valence-corrected chi connectivity index (χ0v) is 25.9. The lowest BCUT2D eigenvalue weighted by Crippen LogP contribution is -2.51. The van der Waals surface area contributed by atoms with Gasteiger partial charge < -0.3 is 28.7 Å². The maximum absolute atomic E-state index is 13.4. The van der Waals surface area contributed by atoms with E-state index >= 15 is 0 Å². The standard InChI is InChI=1S/C33H35ClN2O7S/c34-29-4-2-1-3-28(29)32(37)36-17-13-25(14-18-36)35-15-11-24(12-16-35)33(42-19-20-43-33)23-5-7-26(8-6-23)44(38,39)27-9-10-30-31(21-27)41-22-40-30/h1-10,21,24-25H,11-20,22H2. The van der Waals surface area contributed by atoms with Gasteiger partial charge >= 0.3 is 0 Å². The minimum absolute atomic E-state index is 0.0000541. The molecule has 4 heterocycles. The van der Waals surface area contributed by atoms with Crippen LogP contribution in [0.1, 0.15) is 41.6 Å². The molecule has 0 spiro atoms. The van der Waals surface area contributed by atoms with E-state index in [1.165, 1.54) is 12.1 Å². The van der Waals surface area contributed by atoms with Crippen molar-refractivity contribution in [2.75, 3.05) is 46.2 Å². The van der Waals surface area contributed by atoms with Crippen LogP contribution < -0.4 is 9.47 Å². The third kappa shape index (κ3) is 5.37. The molecule has 0 aliphatic carbocycles. The van der Waals surface area contributed by atoms with Crippen molar-refractivity contribution in [2.24, 2.45) is 5.92 Å². The van der Waals surface area contributed by atoms with E-state index in [2.05, 4.69) is 4.90 Å². The summed E-state index contributed by atoms with van der Waals surface area (Å²) >= 11 is 6.27. The normalized spacial score (nSPS) is 21.1. The second-order valence-electron chi connectivity index (χ2n) is 11.7. The molecule has 3 saturated heterocycles. The zero-order valence-electron chi connectivity index (χ0n) is 24.3. The van der Waals surface area contributed by atoms with Crippen LogP contribution in [0.5, 0.6) is 11.5 Å². The summed E-state index contributed by atoms with van der Waals surface area (Å²) in [7, 11) is -3.75. The highest BCUT2D eigenvalue weighted by Crippen LogP contribution is 2.44. The number of ether oxygens (including phenoxy) is 4. The summed E-state index contributed by atoms with van der Waals surface area (Å²) in [5.41, 5.74) is 1.40. The minimum atomic E-state index is -3.75. The number of fused-ring (bicyclic) bond motifs is 1. The first-order valence-electron chi connectivity index (χ1n) is 15.2. The van der Waals surface area contributed by atoms with E-state index in [1.807, 2.05) is 29.2 Å². The molecule has 3 aromatic rings. The van der Waals surface area contributed by atoms with Gasteiger partial charge in [0.1, 0.15) is 0 Å². The number of carbonyl (C=O) groups excluding carboxylic acids is 1. The predicted molar refractivity (Wildman–Crippen MR) is 163 cm³/mol. The van der Waals surface area contributed by atoms with Gasteiger partial charge in [-0.25, -0.2) is 8.42 Å². The van der Waals surface area contributed by atoms with Crippen LogP contribution in [0.25, 0.3) is 0 Å². The Kier molecular flexibility index (Phi) is 8.05. The Bertz CT molecular complexity index is 1630. The minimum Gasteiger partial charge on any atom is -0.454 e. The van der Waals surface area contributed by atoms with Crippen LogP contribution in [0.15, 0.2) is 76.5 Å². The summed E-state index contributed by atoms with van der Waals surface area (Å²) in [6, 6.07) is 19.2. The van der Waals surface area contributed by atoms with Crippen molar-refractivity contribution in [2.45, 2.75) is 47.3 Å². The average molecular weight is 639 g/mol. The topological polar surface area (TPSA) is 94.6 Å². The summed E-state index contributed by atoms with van der Waals surface area (Å²) in [4.78, 5) is 17.8. The highest BCUT2D eigenvalue weighted by Gasteiger charge is 2.47. The van der Waals surface area contributed by atoms with E-state index in [0.717, 1.165) is 44.3 Å². The average Bonchev–Trinajstić information content (AvgIpc) is 3.76. The number of sulfone groups is 1. The monoisotopic (exact) mass is 638 g/mol. The molecular formula is C33H35ClN2O7S. The van der Waals surface area contributed by atoms with E-state index < -0.39 is 15.6 Å². The third-order valence-electron chi connectivity index (χ3n) is 9.38. The molecule has 44 heavy (non-hydrogen) atoms. The van der Waals surface area contributed by atoms with Crippen LogP contribution in [-0.4, -0.2) is 76.4 Å². The van der Waals surface area contributed by atoms with Gasteiger partial charge in [-0.2, -0.15) is 0 Å². The van der Waals surface area contributed by atoms with Crippen molar-refractivity contribution in [3.63, 3.8) is 0 Å². The molecule has 232 valence electrons. The molecule has 0 bridgehead atoms. The highest BCUT2D eigenvalue weighted by atomic mass is 35.5. The molecule has 0 radical (unpaired) electrons. The highest BCUT2D eigenvalue weighted by molar-refractivity contribution is 7.91. The fourth-order valence-corrected chi connectivity index (χ4v) is 8.49. The Hall–Kier alpha value is -3.15. The van der Waals surface area contributed by atoms with Gasteiger partial charge in [0.25, 0.3) is 5.91 Å². The number of benzene rings is 3. The molecule has 0 aromatic heterocycles. The molecule has 0 atom stereocenters. The molecule has 11 heteroatoms. The number of hydrogen-bond acceptors (Lipinski definition) is 8. The van der Waals surface area contributed by atoms with Gasteiger partial charge in [-0.15, -0.1) is 0 Å². The molecule has 9 nitrogen and oxygen atoms in total. The summed E-state index contributed by atoms with van der Waals surface area (Å²) in [5.74, 6) is 0.214. The van der Waals surface area contributed by atoms with Gasteiger partial charge in [0.15, 0.2) is 17.3 Å². The molecule has 3 aromatic carbocycles. The van der Waals surface area contributed by atoms with E-state index in [1.54, 1.807) is 30.3 Å². The SMILES string of the molecule is O=C(c1ccccc1Cl)N1CCC(N2CCC(C3(c4ccc(S(=O)(=O)c5ccc6c(c5)OCO6)cc4)OCCO3)CC2)CC1. The first kappa shape index (κ1) is 29.6. The second kappa shape index (κ2) is 12.0. The largest absolute Gasteiger partial charge is 0.454 e. The molecule has 1 amide bonds. The fraction of sp³-hybridized carbons (Fsp3) is 0.424. The molecule has 0 unspecified atom stereocenters. The summed E-state index contributed by atoms with van der Waals surface area (Å²) in [5, 5.41) is 0.493. The summed E-state index contributed by atoms with van der Waals surface area (Å²) in [6.07, 6.45) is 3.66. The molecule has 0 saturated carbocycles. The maximum atomic E-state index is 13.4. The van der Waals surface area contributed by atoms with Crippen molar-refractivity contribution < 1.29 is 32.2 Å². The number of hydrogen-bond donors (Lipinski definition) is 0. The van der Waals surface area contributed by atoms with Gasteiger partial charge in [-0.3, -0.25) is 4.79 Å². The Morgan fingerprint density at radius 1 is 0.795 bits per heavy atom. The van der Waals surface area contributed by atoms with Crippen LogP contribution in [-0.2, 0) is 25.1 Å². The Balaban J connectivity index is 0.995. The number of nitrogens with zero attached hydrogens (tertiary/aromatic N) is 2. The van der Waals surface area contributed by atoms with Crippen LogP contribution in [0.3, 0.4) is 0 Å². The van der Waals surface area contributed by atoms with Crippen molar-refractivity contribution in [1.29, 1.82) is 0 Å². The van der Waals surface area contributed by atoms with E-state index in [-0.39, 0.29) is 28.4 Å². The lowest BCUT2D eigenvalue weighted by molar-refractivity contribution is -0.215. The number of likely N-dealkylation sites (tertiary alicyclic amines) is 2. The first-order chi connectivity index (χ1) is 21.3. The van der Waals surface area contributed by atoms with Gasteiger partial charge in [0.2, 0.25) is 16.6 Å². The number of halogens is 1. The Morgan fingerprint density at radius 2 is 1.45 bits per heavy atom. The number of amides is 1. The van der Waals surface area contributed by atoms with Crippen molar-refractivity contribution in [3.05, 3.63) is 82.9 Å². The lowest BCUT2D eigenvalue weighted by atomic mass is 9.83.